The highest BCUT2D eigenvalue weighted by Crippen LogP contribution is 2.28. The van der Waals surface area contributed by atoms with Crippen LogP contribution in [0.3, 0.4) is 0 Å². The van der Waals surface area contributed by atoms with Gasteiger partial charge in [0.15, 0.2) is 23.3 Å². The van der Waals surface area contributed by atoms with Crippen molar-refractivity contribution in [3.63, 3.8) is 0 Å². The molecule has 0 aliphatic carbocycles. The Morgan fingerprint density at radius 3 is 2.36 bits per heavy atom. The van der Waals surface area contributed by atoms with Gasteiger partial charge in [-0.2, -0.15) is 0 Å². The lowest BCUT2D eigenvalue weighted by Gasteiger charge is -2.09. The van der Waals surface area contributed by atoms with E-state index in [0.29, 0.717) is 17.7 Å². The van der Waals surface area contributed by atoms with Crippen LogP contribution < -0.4 is 4.74 Å². The van der Waals surface area contributed by atoms with Gasteiger partial charge in [-0.3, -0.25) is 14.4 Å². The summed E-state index contributed by atoms with van der Waals surface area (Å²) in [6.45, 7) is -0.142. The number of hydrogen-bond donors (Lipinski definition) is 0. The molecule has 25 heavy (non-hydrogen) atoms. The Bertz CT molecular complexity index is 799. The van der Waals surface area contributed by atoms with Crippen molar-refractivity contribution in [2.24, 2.45) is 0 Å². The highest BCUT2D eigenvalue weighted by molar-refractivity contribution is 8.15. The number of halogens is 1. The average Bonchev–Trinajstić information content (AvgIpc) is 2.92. The van der Waals surface area contributed by atoms with Gasteiger partial charge in [0.25, 0.3) is 0 Å². The maximum atomic E-state index is 12.8. The van der Waals surface area contributed by atoms with Crippen LogP contribution in [0, 0.1) is 5.82 Å². The van der Waals surface area contributed by atoms with E-state index in [1.807, 2.05) is 12.1 Å². The summed E-state index contributed by atoms with van der Waals surface area (Å²) in [6.07, 6.45) is 0.520. The van der Waals surface area contributed by atoms with E-state index in [4.69, 9.17) is 4.74 Å². The van der Waals surface area contributed by atoms with Gasteiger partial charge in [-0.25, -0.2) is 4.39 Å². The summed E-state index contributed by atoms with van der Waals surface area (Å²) >= 11 is 1.09. The lowest BCUT2D eigenvalue weighted by atomic mass is 10.1. The second kappa shape index (κ2) is 7.61. The molecule has 1 saturated heterocycles. The quantitative estimate of drug-likeness (QED) is 0.586. The highest BCUT2D eigenvalue weighted by Gasteiger charge is 2.31. The minimum absolute atomic E-state index is 0.0159. The molecule has 0 amide bonds. The van der Waals surface area contributed by atoms with Crippen molar-refractivity contribution < 1.29 is 23.5 Å². The molecule has 6 heteroatoms. The van der Waals surface area contributed by atoms with Gasteiger partial charge in [0.2, 0.25) is 0 Å². The van der Waals surface area contributed by atoms with E-state index in [1.165, 1.54) is 24.3 Å². The monoisotopic (exact) mass is 358 g/mol. The molecule has 3 rings (SSSR count). The Balaban J connectivity index is 1.54. The van der Waals surface area contributed by atoms with Crippen LogP contribution in [0.2, 0.25) is 0 Å². The van der Waals surface area contributed by atoms with Gasteiger partial charge in [-0.05, 0) is 48.4 Å². The van der Waals surface area contributed by atoms with Crippen LogP contribution in [0.5, 0.6) is 5.75 Å². The van der Waals surface area contributed by atoms with Crippen LogP contribution in [0.25, 0.3) is 0 Å². The largest absolute Gasteiger partial charge is 0.485 e. The minimum Gasteiger partial charge on any atom is -0.485 e. The average molecular weight is 358 g/mol. The second-order valence-corrected chi connectivity index (χ2v) is 6.95. The molecule has 1 aliphatic rings. The third kappa shape index (κ3) is 4.54. The van der Waals surface area contributed by atoms with Crippen molar-refractivity contribution in [2.75, 3.05) is 6.61 Å². The van der Waals surface area contributed by atoms with Crippen LogP contribution in [-0.4, -0.2) is 28.5 Å². The fourth-order valence-corrected chi connectivity index (χ4v) is 3.51. The van der Waals surface area contributed by atoms with E-state index in [0.717, 1.165) is 17.3 Å². The molecule has 1 fully saturated rings. The van der Waals surface area contributed by atoms with Gasteiger partial charge in [-0.15, -0.1) is 0 Å². The van der Waals surface area contributed by atoms with Crippen LogP contribution in [-0.2, 0) is 16.0 Å². The summed E-state index contributed by atoms with van der Waals surface area (Å²) in [5.41, 5.74) is 1.32. The zero-order valence-corrected chi connectivity index (χ0v) is 14.1. The van der Waals surface area contributed by atoms with Gasteiger partial charge in [0.05, 0.1) is 11.7 Å². The Morgan fingerprint density at radius 2 is 1.76 bits per heavy atom. The fraction of sp³-hybridized carbons (Fsp3) is 0.211. The summed E-state index contributed by atoms with van der Waals surface area (Å²) in [5.74, 6) is -0.134. The van der Waals surface area contributed by atoms with E-state index in [2.05, 4.69) is 0 Å². The van der Waals surface area contributed by atoms with E-state index in [9.17, 15) is 18.8 Å². The number of ketones is 2. The summed E-state index contributed by atoms with van der Waals surface area (Å²) in [6, 6.07) is 12.4. The normalized spacial score (nSPS) is 16.9. The van der Waals surface area contributed by atoms with Gasteiger partial charge >= 0.3 is 0 Å². The lowest BCUT2D eigenvalue weighted by Crippen LogP contribution is -2.13. The molecular weight excluding hydrogens is 343 g/mol. The van der Waals surface area contributed by atoms with E-state index in [-0.39, 0.29) is 35.0 Å². The molecule has 1 aliphatic heterocycles. The Labute approximate surface area is 148 Å². The molecule has 1 unspecified atom stereocenters. The van der Waals surface area contributed by atoms with Crippen LogP contribution >= 0.6 is 11.8 Å². The van der Waals surface area contributed by atoms with E-state index >= 15 is 0 Å². The predicted molar refractivity (Wildman–Crippen MR) is 92.4 cm³/mol. The molecule has 1 heterocycles. The molecule has 128 valence electrons. The van der Waals surface area contributed by atoms with Crippen molar-refractivity contribution in [1.29, 1.82) is 0 Å². The molecule has 0 bridgehead atoms. The molecule has 0 spiro atoms. The first-order valence-corrected chi connectivity index (χ1v) is 8.62. The zero-order valence-electron chi connectivity index (χ0n) is 13.2. The summed E-state index contributed by atoms with van der Waals surface area (Å²) in [7, 11) is 0. The topological polar surface area (TPSA) is 60.4 Å². The van der Waals surface area contributed by atoms with E-state index in [1.54, 1.807) is 12.1 Å². The van der Waals surface area contributed by atoms with E-state index < -0.39 is 5.82 Å². The maximum Gasteiger partial charge on any atom is 0.200 e. The van der Waals surface area contributed by atoms with Crippen molar-refractivity contribution in [3.8, 4) is 5.75 Å². The smallest absolute Gasteiger partial charge is 0.200 e. The van der Waals surface area contributed by atoms with Crippen molar-refractivity contribution in [2.45, 2.75) is 18.1 Å². The number of benzene rings is 2. The number of rotatable bonds is 6. The molecular formula is C19H15FO4S. The van der Waals surface area contributed by atoms with Gasteiger partial charge in [-0.1, -0.05) is 23.9 Å². The fourth-order valence-electron chi connectivity index (χ4n) is 2.48. The summed E-state index contributed by atoms with van der Waals surface area (Å²) < 4.78 is 18.3. The van der Waals surface area contributed by atoms with Crippen molar-refractivity contribution in [1.82, 2.24) is 0 Å². The lowest BCUT2D eigenvalue weighted by molar-refractivity contribution is -0.121. The van der Waals surface area contributed by atoms with Crippen LogP contribution in [0.15, 0.2) is 48.5 Å². The molecule has 0 saturated carbocycles. The second-order valence-electron chi connectivity index (χ2n) is 5.69. The molecule has 0 N–H and O–H groups in total. The van der Waals surface area contributed by atoms with Crippen LogP contribution in [0.4, 0.5) is 4.39 Å². The first kappa shape index (κ1) is 17.4. The van der Waals surface area contributed by atoms with Crippen LogP contribution in [0.1, 0.15) is 22.3 Å². The third-order valence-electron chi connectivity index (χ3n) is 3.83. The molecule has 2 aromatic carbocycles. The summed E-state index contributed by atoms with van der Waals surface area (Å²) in [4.78, 5) is 34.9. The molecule has 0 aromatic heterocycles. The number of hydrogen-bond acceptors (Lipinski definition) is 5. The highest BCUT2D eigenvalue weighted by atomic mass is 32.2. The van der Waals surface area contributed by atoms with Crippen molar-refractivity contribution >= 4 is 28.4 Å². The predicted octanol–water partition coefficient (Wildman–Crippen LogP) is 3.23. The van der Waals surface area contributed by atoms with Crippen molar-refractivity contribution in [3.05, 3.63) is 65.5 Å². The number of carbonyl (C=O) groups is 3. The molecule has 2 aromatic rings. The Kier molecular flexibility index (Phi) is 5.28. The first-order chi connectivity index (χ1) is 12.0. The zero-order chi connectivity index (χ0) is 17.8. The Morgan fingerprint density at radius 1 is 1.08 bits per heavy atom. The standard InChI is InChI=1S/C19H15FO4S/c20-14-5-3-13(4-6-14)17(22)11-24-15-7-1-12(2-8-15)9-18-16(21)10-19(23)25-18/h1-8,18H,9-11H2. The molecule has 1 atom stereocenters. The minimum atomic E-state index is -0.395. The van der Waals surface area contributed by atoms with Gasteiger partial charge in [0.1, 0.15) is 11.6 Å². The SMILES string of the molecule is O=C1CC(=O)C(Cc2ccc(OCC(=O)c3ccc(F)cc3)cc2)S1. The Hall–Kier alpha value is -2.47. The maximum absolute atomic E-state index is 12.8. The number of thioether (sulfide) groups is 1. The molecule has 4 nitrogen and oxygen atoms in total. The summed E-state index contributed by atoms with van der Waals surface area (Å²) in [5, 5.41) is -0.381. The number of Topliss-reactive ketones (excluding diaryl/α,β-unsaturated/α-hetero) is 2. The third-order valence-corrected chi connectivity index (χ3v) is 4.95. The van der Waals surface area contributed by atoms with Gasteiger partial charge < -0.3 is 4.74 Å². The number of carbonyl (C=O) groups excluding carboxylic acids is 3. The van der Waals surface area contributed by atoms with Gasteiger partial charge in [0, 0.05) is 5.56 Å². The molecule has 0 radical (unpaired) electrons. The number of ether oxygens (including phenoxy) is 1. The first-order valence-electron chi connectivity index (χ1n) is 7.74.